The van der Waals surface area contributed by atoms with Crippen molar-refractivity contribution in [2.45, 2.75) is 91.5 Å². The van der Waals surface area contributed by atoms with E-state index >= 15 is 0 Å². The number of aliphatic carboxylic acids is 2. The van der Waals surface area contributed by atoms with Crippen molar-refractivity contribution in [3.63, 3.8) is 0 Å². The van der Waals surface area contributed by atoms with Crippen LogP contribution < -0.4 is 29.6 Å². The molecule has 4 unspecified atom stereocenters. The van der Waals surface area contributed by atoms with Gasteiger partial charge in [0.05, 0.1) is 33.4 Å². The molecule has 362 valence electrons. The van der Waals surface area contributed by atoms with Crippen molar-refractivity contribution < 1.29 is 49.0 Å². The van der Waals surface area contributed by atoms with E-state index in [9.17, 15) is 40.5 Å². The standard InChI is InChI=1S/C52H50Cl2N6O10/c1-29-37(27-69-47-15-45(67-25-35-11-33(17-55)19-57-21-35)39(13-43(47)53)23-59-49(31(3)61)51(63)64)7-5-9-41(29)42-10-6-8-38(30(42)2)28-70-48-16-46(68-26-36-12-34(18-56)20-58-22-36)40(14-44(48)54)24-60-50(32(4)62)52(65)66/h5-16,19-22,31-32,49-50,59-62H,23-28H2,1-4H3,(H,63,64)(H,65,66). The molecule has 4 aromatic carbocycles. The van der Waals surface area contributed by atoms with E-state index in [-0.39, 0.29) is 49.6 Å². The fourth-order valence-corrected chi connectivity index (χ4v) is 7.92. The van der Waals surface area contributed by atoms with Gasteiger partial charge in [-0.25, -0.2) is 0 Å². The van der Waals surface area contributed by atoms with Crippen LogP contribution in [0.4, 0.5) is 0 Å². The summed E-state index contributed by atoms with van der Waals surface area (Å²) in [7, 11) is 0. The topological polar surface area (TPSA) is 249 Å². The number of carboxylic acids is 2. The largest absolute Gasteiger partial charge is 0.488 e. The number of halogens is 2. The lowest BCUT2D eigenvalue weighted by Crippen LogP contribution is -2.44. The number of ether oxygens (including phenoxy) is 4. The number of hydrogen-bond donors (Lipinski definition) is 6. The third-order valence-electron chi connectivity index (χ3n) is 11.3. The fraction of sp³-hybridized carbons (Fsp3) is 0.269. The molecule has 0 saturated carbocycles. The van der Waals surface area contributed by atoms with E-state index in [1.807, 2.05) is 50.2 Å². The Labute approximate surface area is 414 Å². The number of nitrogens with one attached hydrogen (secondary N) is 2. The molecule has 6 rings (SSSR count). The Bertz CT molecular complexity index is 2740. The maximum Gasteiger partial charge on any atom is 0.323 e. The molecule has 0 bridgehead atoms. The molecule has 0 spiro atoms. The molecular weight excluding hydrogens is 940 g/mol. The van der Waals surface area contributed by atoms with Crippen LogP contribution in [0.1, 0.15) is 69.5 Å². The summed E-state index contributed by atoms with van der Waals surface area (Å²) in [6.45, 7) is 7.05. The first kappa shape index (κ1) is 52.1. The average Bonchev–Trinajstić information content (AvgIpc) is 3.33. The molecule has 6 N–H and O–H groups in total. The number of carboxylic acid groups (broad SMARTS) is 2. The van der Waals surface area contributed by atoms with E-state index < -0.39 is 36.2 Å². The van der Waals surface area contributed by atoms with Crippen LogP contribution in [0.5, 0.6) is 23.0 Å². The number of nitrogens with zero attached hydrogens (tertiary/aromatic N) is 4. The van der Waals surface area contributed by atoms with Gasteiger partial charge in [-0.15, -0.1) is 0 Å². The summed E-state index contributed by atoms with van der Waals surface area (Å²) in [6, 6.07) is 23.2. The summed E-state index contributed by atoms with van der Waals surface area (Å²) >= 11 is 13.6. The first-order valence-electron chi connectivity index (χ1n) is 21.9. The highest BCUT2D eigenvalue weighted by Crippen LogP contribution is 2.37. The average molecular weight is 990 g/mol. The van der Waals surface area contributed by atoms with Crippen LogP contribution in [0.2, 0.25) is 10.0 Å². The second-order valence-electron chi connectivity index (χ2n) is 16.4. The van der Waals surface area contributed by atoms with Gasteiger partial charge in [0.1, 0.15) is 73.6 Å². The zero-order valence-electron chi connectivity index (χ0n) is 38.6. The molecule has 6 aromatic rings. The SMILES string of the molecule is Cc1c(COc2cc(OCc3cncc(C#N)c3)c(CNC(C(=O)O)C(C)O)cc2Cl)cccc1-c1cccc(COc2cc(OCc3cncc(C#N)c3)c(CNC(C(=O)O)C(C)O)cc2Cl)c1C. The first-order valence-corrected chi connectivity index (χ1v) is 22.6. The van der Waals surface area contributed by atoms with Crippen molar-refractivity contribution >= 4 is 35.1 Å². The fourth-order valence-electron chi connectivity index (χ4n) is 7.44. The molecule has 18 heteroatoms. The highest BCUT2D eigenvalue weighted by Gasteiger charge is 2.25. The Morgan fingerprint density at radius 2 is 0.971 bits per heavy atom. The molecular formula is C52H50Cl2N6O10. The Balaban J connectivity index is 1.21. The minimum atomic E-state index is -1.25. The van der Waals surface area contributed by atoms with E-state index in [4.69, 9.17) is 42.1 Å². The summed E-state index contributed by atoms with van der Waals surface area (Å²) in [5, 5.41) is 64.3. The van der Waals surface area contributed by atoms with Gasteiger partial charge < -0.3 is 39.4 Å². The van der Waals surface area contributed by atoms with Crippen molar-refractivity contribution in [3.8, 4) is 46.3 Å². The number of aromatic nitrogens is 2. The summed E-state index contributed by atoms with van der Waals surface area (Å²) in [6.07, 6.45) is 3.66. The summed E-state index contributed by atoms with van der Waals surface area (Å²) in [5.74, 6) is -1.16. The van der Waals surface area contributed by atoms with E-state index in [0.717, 1.165) is 33.4 Å². The monoisotopic (exact) mass is 988 g/mol. The lowest BCUT2D eigenvalue weighted by molar-refractivity contribution is -0.143. The van der Waals surface area contributed by atoms with Crippen LogP contribution in [-0.2, 0) is 49.1 Å². The maximum atomic E-state index is 11.8. The predicted octanol–water partition coefficient (Wildman–Crippen LogP) is 7.97. The van der Waals surface area contributed by atoms with Gasteiger partial charge in [-0.05, 0) is 85.3 Å². The van der Waals surface area contributed by atoms with Gasteiger partial charge in [-0.3, -0.25) is 30.2 Å². The number of rotatable bonds is 23. The molecule has 70 heavy (non-hydrogen) atoms. The highest BCUT2D eigenvalue weighted by molar-refractivity contribution is 6.32. The van der Waals surface area contributed by atoms with Crippen molar-refractivity contribution in [1.82, 2.24) is 20.6 Å². The lowest BCUT2D eigenvalue weighted by atomic mass is 9.92. The normalized spacial score (nSPS) is 12.7. The number of aliphatic hydroxyl groups is 2. The molecule has 16 nitrogen and oxygen atoms in total. The van der Waals surface area contributed by atoms with E-state index in [1.165, 1.54) is 26.2 Å². The Kier molecular flexibility index (Phi) is 18.1. The number of benzene rings is 4. The van der Waals surface area contributed by atoms with Gasteiger partial charge in [0.2, 0.25) is 0 Å². The maximum absolute atomic E-state index is 11.8. The van der Waals surface area contributed by atoms with Crippen molar-refractivity contribution in [2.75, 3.05) is 0 Å². The Morgan fingerprint density at radius 3 is 1.33 bits per heavy atom. The summed E-state index contributed by atoms with van der Waals surface area (Å²) in [4.78, 5) is 31.8. The number of nitriles is 2. The van der Waals surface area contributed by atoms with Gasteiger partial charge >= 0.3 is 11.9 Å². The summed E-state index contributed by atoms with van der Waals surface area (Å²) in [5.41, 5.74) is 8.54. The number of carbonyl (C=O) groups is 2. The molecule has 0 aliphatic heterocycles. The Hall–Kier alpha value is -7.28. The van der Waals surface area contributed by atoms with Crippen LogP contribution in [0.3, 0.4) is 0 Å². The van der Waals surface area contributed by atoms with Gasteiger partial charge in [0.15, 0.2) is 0 Å². The molecule has 0 saturated heterocycles. The zero-order chi connectivity index (χ0) is 50.5. The molecule has 0 radical (unpaired) electrons. The van der Waals surface area contributed by atoms with E-state index in [0.29, 0.717) is 56.4 Å². The number of pyridine rings is 2. The lowest BCUT2D eigenvalue weighted by Gasteiger charge is -2.20. The van der Waals surface area contributed by atoms with Crippen molar-refractivity contribution in [3.05, 3.63) is 163 Å². The van der Waals surface area contributed by atoms with Gasteiger partial charge in [0, 0.05) is 72.3 Å². The minimum Gasteiger partial charge on any atom is -0.488 e. The van der Waals surface area contributed by atoms with Gasteiger partial charge in [-0.1, -0.05) is 59.6 Å². The molecule has 2 heterocycles. The quantitative estimate of drug-likeness (QED) is 0.0356. The third-order valence-corrected chi connectivity index (χ3v) is 11.9. The first-order chi connectivity index (χ1) is 33.6. The zero-order valence-corrected chi connectivity index (χ0v) is 40.1. The van der Waals surface area contributed by atoms with Crippen LogP contribution in [-0.4, -0.2) is 66.6 Å². The van der Waals surface area contributed by atoms with Gasteiger partial charge in [0.25, 0.3) is 0 Å². The number of aliphatic hydroxyl groups excluding tert-OH is 2. The molecule has 0 fully saturated rings. The highest BCUT2D eigenvalue weighted by atomic mass is 35.5. The molecule has 0 aliphatic rings. The molecule has 2 aromatic heterocycles. The van der Waals surface area contributed by atoms with Gasteiger partial charge in [-0.2, -0.15) is 10.5 Å². The number of hydrogen-bond acceptors (Lipinski definition) is 14. The van der Waals surface area contributed by atoms with Crippen LogP contribution >= 0.6 is 23.2 Å². The van der Waals surface area contributed by atoms with Crippen LogP contribution in [0.15, 0.2) is 97.6 Å². The summed E-state index contributed by atoms with van der Waals surface area (Å²) < 4.78 is 25.0. The predicted molar refractivity (Wildman–Crippen MR) is 259 cm³/mol. The second-order valence-corrected chi connectivity index (χ2v) is 17.2. The van der Waals surface area contributed by atoms with E-state index in [2.05, 4.69) is 32.7 Å². The van der Waals surface area contributed by atoms with Crippen molar-refractivity contribution in [1.29, 1.82) is 10.5 Å². The van der Waals surface area contributed by atoms with Crippen LogP contribution in [0.25, 0.3) is 11.1 Å². The minimum absolute atomic E-state index is 0.00858. The smallest absolute Gasteiger partial charge is 0.323 e. The molecule has 0 aliphatic carbocycles. The third kappa shape index (κ3) is 13.5. The molecule has 0 amide bonds. The van der Waals surface area contributed by atoms with Crippen molar-refractivity contribution in [2.24, 2.45) is 0 Å². The second kappa shape index (κ2) is 24.3. The van der Waals surface area contributed by atoms with Crippen LogP contribution in [0, 0.1) is 36.5 Å². The molecule has 4 atom stereocenters. The van der Waals surface area contributed by atoms with E-state index in [1.54, 1.807) is 48.8 Å². The Morgan fingerprint density at radius 1 is 0.586 bits per heavy atom.